The highest BCUT2D eigenvalue weighted by atomic mass is 16.5. The monoisotopic (exact) mass is 341 g/mol. The maximum absolute atomic E-state index is 13.1. The average Bonchev–Trinajstić information content (AvgIpc) is 3.36. The van der Waals surface area contributed by atoms with E-state index >= 15 is 0 Å². The van der Waals surface area contributed by atoms with E-state index in [1.54, 1.807) is 0 Å². The SMILES string of the molecule is CC(C)C1CN(C(=O)c2onc3ccccc23)CCCN1CC1CC1. The number of benzene rings is 1. The number of amides is 1. The van der Waals surface area contributed by atoms with Crippen LogP contribution < -0.4 is 0 Å². The van der Waals surface area contributed by atoms with Crippen molar-refractivity contribution in [2.24, 2.45) is 11.8 Å². The quantitative estimate of drug-likeness (QED) is 0.855. The third kappa shape index (κ3) is 3.43. The first kappa shape index (κ1) is 16.6. The lowest BCUT2D eigenvalue weighted by Crippen LogP contribution is -2.46. The molecule has 1 aromatic carbocycles. The van der Waals surface area contributed by atoms with Crippen LogP contribution in [-0.4, -0.2) is 53.1 Å². The fourth-order valence-corrected chi connectivity index (χ4v) is 3.93. The summed E-state index contributed by atoms with van der Waals surface area (Å²) in [7, 11) is 0. The number of carbonyl (C=O) groups excluding carboxylic acids is 1. The number of rotatable bonds is 4. The van der Waals surface area contributed by atoms with Gasteiger partial charge in [0.05, 0.1) is 5.39 Å². The minimum Gasteiger partial charge on any atom is -0.350 e. The summed E-state index contributed by atoms with van der Waals surface area (Å²) in [5, 5.41) is 4.85. The summed E-state index contributed by atoms with van der Waals surface area (Å²) in [6.07, 6.45) is 3.76. The van der Waals surface area contributed by atoms with E-state index in [0.29, 0.717) is 17.7 Å². The summed E-state index contributed by atoms with van der Waals surface area (Å²) >= 11 is 0. The lowest BCUT2D eigenvalue weighted by atomic mass is 10.0. The lowest BCUT2D eigenvalue weighted by molar-refractivity contribution is 0.0667. The Kier molecular flexibility index (Phi) is 4.50. The fourth-order valence-electron chi connectivity index (χ4n) is 3.93. The van der Waals surface area contributed by atoms with Gasteiger partial charge in [-0.05, 0) is 43.2 Å². The average molecular weight is 341 g/mol. The molecule has 2 heterocycles. The molecular formula is C20H27N3O2. The standard InChI is InChI=1S/C20H27N3O2/c1-14(2)18-13-23(11-5-10-22(18)12-15-8-9-15)20(24)19-16-6-3-4-7-17(16)21-25-19/h3-4,6-7,14-15,18H,5,8-13H2,1-2H3. The minimum atomic E-state index is -0.0207. The van der Waals surface area contributed by atoms with E-state index in [1.807, 2.05) is 29.2 Å². The highest BCUT2D eigenvalue weighted by Gasteiger charge is 2.34. The van der Waals surface area contributed by atoms with Crippen molar-refractivity contribution >= 4 is 16.8 Å². The molecule has 2 aromatic rings. The van der Waals surface area contributed by atoms with Crippen LogP contribution >= 0.6 is 0 Å². The first-order valence-corrected chi connectivity index (χ1v) is 9.51. The van der Waals surface area contributed by atoms with Crippen LogP contribution in [0.25, 0.3) is 10.9 Å². The zero-order valence-corrected chi connectivity index (χ0v) is 15.1. The van der Waals surface area contributed by atoms with Crippen LogP contribution in [0.5, 0.6) is 0 Å². The van der Waals surface area contributed by atoms with Gasteiger partial charge in [0.15, 0.2) is 0 Å². The number of fused-ring (bicyclic) bond motifs is 1. The number of hydrogen-bond acceptors (Lipinski definition) is 4. The molecule has 0 bridgehead atoms. The second kappa shape index (κ2) is 6.79. The van der Waals surface area contributed by atoms with Gasteiger partial charge < -0.3 is 9.42 Å². The zero-order valence-electron chi connectivity index (χ0n) is 15.1. The molecule has 1 atom stereocenters. The molecule has 1 saturated carbocycles. The highest BCUT2D eigenvalue weighted by molar-refractivity contribution is 6.03. The molecule has 0 N–H and O–H groups in total. The second-order valence-electron chi connectivity index (χ2n) is 7.88. The summed E-state index contributed by atoms with van der Waals surface area (Å²) in [5.74, 6) is 1.77. The van der Waals surface area contributed by atoms with Gasteiger partial charge in [0.2, 0.25) is 5.76 Å². The topological polar surface area (TPSA) is 49.6 Å². The molecular weight excluding hydrogens is 314 g/mol. The summed E-state index contributed by atoms with van der Waals surface area (Å²) < 4.78 is 5.41. The van der Waals surface area contributed by atoms with Crippen molar-refractivity contribution in [2.45, 2.75) is 39.2 Å². The van der Waals surface area contributed by atoms with E-state index in [0.717, 1.165) is 42.9 Å². The van der Waals surface area contributed by atoms with Gasteiger partial charge in [-0.25, -0.2) is 0 Å². The molecule has 2 fully saturated rings. The molecule has 0 spiro atoms. The third-order valence-electron chi connectivity index (χ3n) is 5.57. The van der Waals surface area contributed by atoms with Crippen LogP contribution in [0.1, 0.15) is 43.7 Å². The minimum absolute atomic E-state index is 0.0207. The molecule has 0 radical (unpaired) electrons. The molecule has 25 heavy (non-hydrogen) atoms. The van der Waals surface area contributed by atoms with Crippen molar-refractivity contribution in [3.05, 3.63) is 30.0 Å². The van der Waals surface area contributed by atoms with Crippen molar-refractivity contribution in [2.75, 3.05) is 26.2 Å². The molecule has 1 aromatic heterocycles. The van der Waals surface area contributed by atoms with E-state index in [-0.39, 0.29) is 5.91 Å². The molecule has 5 nitrogen and oxygen atoms in total. The Morgan fingerprint density at radius 3 is 2.84 bits per heavy atom. The summed E-state index contributed by atoms with van der Waals surface area (Å²) in [5.41, 5.74) is 0.747. The Morgan fingerprint density at radius 2 is 2.08 bits per heavy atom. The molecule has 1 amide bonds. The predicted molar refractivity (Wildman–Crippen MR) is 97.5 cm³/mol. The van der Waals surface area contributed by atoms with Crippen molar-refractivity contribution in [1.82, 2.24) is 15.0 Å². The first-order chi connectivity index (χ1) is 12.1. The van der Waals surface area contributed by atoms with E-state index in [9.17, 15) is 4.79 Å². The molecule has 1 aliphatic carbocycles. The van der Waals surface area contributed by atoms with Crippen LogP contribution in [0.4, 0.5) is 0 Å². The van der Waals surface area contributed by atoms with Crippen molar-refractivity contribution < 1.29 is 9.32 Å². The van der Waals surface area contributed by atoms with Crippen molar-refractivity contribution in [3.8, 4) is 0 Å². The zero-order chi connectivity index (χ0) is 17.4. The first-order valence-electron chi connectivity index (χ1n) is 9.51. The Hall–Kier alpha value is -1.88. The van der Waals surface area contributed by atoms with Gasteiger partial charge >= 0.3 is 0 Å². The van der Waals surface area contributed by atoms with Crippen LogP contribution in [0.3, 0.4) is 0 Å². The Morgan fingerprint density at radius 1 is 1.28 bits per heavy atom. The van der Waals surface area contributed by atoms with E-state index in [4.69, 9.17) is 4.52 Å². The summed E-state index contributed by atoms with van der Waals surface area (Å²) in [6.45, 7) is 8.37. The maximum Gasteiger partial charge on any atom is 0.293 e. The molecule has 1 saturated heterocycles. The predicted octanol–water partition coefficient (Wildman–Crippen LogP) is 3.41. The van der Waals surface area contributed by atoms with Crippen LogP contribution in [0, 0.1) is 11.8 Å². The van der Waals surface area contributed by atoms with Gasteiger partial charge in [-0.3, -0.25) is 9.69 Å². The van der Waals surface area contributed by atoms with Crippen molar-refractivity contribution in [3.63, 3.8) is 0 Å². The van der Waals surface area contributed by atoms with Crippen molar-refractivity contribution in [1.29, 1.82) is 0 Å². The van der Waals surface area contributed by atoms with E-state index in [1.165, 1.54) is 19.4 Å². The third-order valence-corrected chi connectivity index (χ3v) is 5.57. The molecule has 2 aliphatic rings. The number of carbonyl (C=O) groups is 1. The highest BCUT2D eigenvalue weighted by Crippen LogP contribution is 2.32. The van der Waals surface area contributed by atoms with Gasteiger partial charge in [-0.15, -0.1) is 0 Å². The second-order valence-corrected chi connectivity index (χ2v) is 7.88. The van der Waals surface area contributed by atoms with Crippen LogP contribution in [0.15, 0.2) is 28.8 Å². The van der Waals surface area contributed by atoms with E-state index < -0.39 is 0 Å². The van der Waals surface area contributed by atoms with Gasteiger partial charge in [0, 0.05) is 32.2 Å². The molecule has 1 unspecified atom stereocenters. The van der Waals surface area contributed by atoms with Crippen LogP contribution in [-0.2, 0) is 0 Å². The number of hydrogen-bond donors (Lipinski definition) is 0. The van der Waals surface area contributed by atoms with Crippen LogP contribution in [0.2, 0.25) is 0 Å². The Labute approximate surface area is 148 Å². The summed E-state index contributed by atoms with van der Waals surface area (Å²) in [6, 6.07) is 8.05. The molecule has 4 rings (SSSR count). The van der Waals surface area contributed by atoms with E-state index in [2.05, 4.69) is 23.9 Å². The Balaban J connectivity index is 1.55. The van der Waals surface area contributed by atoms with Gasteiger partial charge in [0.25, 0.3) is 5.91 Å². The fraction of sp³-hybridized carbons (Fsp3) is 0.600. The summed E-state index contributed by atoms with van der Waals surface area (Å²) in [4.78, 5) is 17.7. The number of nitrogens with zero attached hydrogens (tertiary/aromatic N) is 3. The maximum atomic E-state index is 13.1. The van der Waals surface area contributed by atoms with Gasteiger partial charge in [-0.1, -0.05) is 31.1 Å². The number of aromatic nitrogens is 1. The largest absolute Gasteiger partial charge is 0.350 e. The van der Waals surface area contributed by atoms with Gasteiger partial charge in [0.1, 0.15) is 5.52 Å². The molecule has 134 valence electrons. The Bertz CT molecular complexity index is 750. The smallest absolute Gasteiger partial charge is 0.293 e. The lowest BCUT2D eigenvalue weighted by Gasteiger charge is -2.34. The molecule has 5 heteroatoms. The normalized spacial score (nSPS) is 22.5. The van der Waals surface area contributed by atoms with Gasteiger partial charge in [-0.2, -0.15) is 0 Å². The molecule has 1 aliphatic heterocycles.